The normalized spacial score (nSPS) is 11.0. The Morgan fingerprint density at radius 2 is 1.81 bits per heavy atom. The van der Waals surface area contributed by atoms with Crippen molar-refractivity contribution >= 4 is 52.5 Å². The molecule has 1 N–H and O–H groups in total. The zero-order valence-electron chi connectivity index (χ0n) is 16.5. The maximum atomic E-state index is 12.5. The summed E-state index contributed by atoms with van der Waals surface area (Å²) in [5.41, 5.74) is 2.77. The highest BCUT2D eigenvalue weighted by molar-refractivity contribution is 6.35. The monoisotopic (exact) mass is 470 g/mol. The standard InChI is InChI=1S/C24H17Cl3N2O2/c1-15-21(26)3-2-4-23(15)29-24(30)18(13-28)11-16-5-9-20(10-6-16)31-14-17-7-8-19(25)12-22(17)27/h2-12H,14H2,1H3,(H,29,30)/b18-11-. The Hall–Kier alpha value is -2.97. The molecule has 156 valence electrons. The summed E-state index contributed by atoms with van der Waals surface area (Å²) < 4.78 is 5.74. The highest BCUT2D eigenvalue weighted by Crippen LogP contribution is 2.25. The van der Waals surface area contributed by atoms with Crippen LogP contribution < -0.4 is 10.1 Å². The number of rotatable bonds is 6. The largest absolute Gasteiger partial charge is 0.489 e. The molecule has 0 aliphatic rings. The van der Waals surface area contributed by atoms with Crippen LogP contribution in [0.2, 0.25) is 15.1 Å². The van der Waals surface area contributed by atoms with Crippen molar-refractivity contribution < 1.29 is 9.53 Å². The highest BCUT2D eigenvalue weighted by atomic mass is 35.5. The fraction of sp³-hybridized carbons (Fsp3) is 0.0833. The predicted octanol–water partition coefficient (Wildman–Crippen LogP) is 7.08. The zero-order valence-corrected chi connectivity index (χ0v) is 18.7. The van der Waals surface area contributed by atoms with Crippen LogP contribution in [-0.4, -0.2) is 5.91 Å². The van der Waals surface area contributed by atoms with Gasteiger partial charge in [-0.2, -0.15) is 5.26 Å². The summed E-state index contributed by atoms with van der Waals surface area (Å²) >= 11 is 18.1. The van der Waals surface area contributed by atoms with Crippen molar-refractivity contribution in [2.24, 2.45) is 0 Å². The van der Waals surface area contributed by atoms with Gasteiger partial charge in [0, 0.05) is 26.3 Å². The van der Waals surface area contributed by atoms with Gasteiger partial charge in [0.2, 0.25) is 0 Å². The van der Waals surface area contributed by atoms with E-state index >= 15 is 0 Å². The number of nitrogens with zero attached hydrogens (tertiary/aromatic N) is 1. The lowest BCUT2D eigenvalue weighted by molar-refractivity contribution is -0.112. The van der Waals surface area contributed by atoms with E-state index in [0.717, 1.165) is 11.1 Å². The van der Waals surface area contributed by atoms with E-state index in [-0.39, 0.29) is 12.2 Å². The van der Waals surface area contributed by atoms with Crippen LogP contribution in [0.3, 0.4) is 0 Å². The van der Waals surface area contributed by atoms with Gasteiger partial charge in [-0.3, -0.25) is 4.79 Å². The molecule has 0 saturated carbocycles. The Balaban J connectivity index is 1.68. The first kappa shape index (κ1) is 22.7. The van der Waals surface area contributed by atoms with Crippen LogP contribution in [0.5, 0.6) is 5.75 Å². The molecule has 3 aromatic rings. The number of anilines is 1. The first-order chi connectivity index (χ1) is 14.9. The number of amides is 1. The lowest BCUT2D eigenvalue weighted by Gasteiger charge is -2.09. The highest BCUT2D eigenvalue weighted by Gasteiger charge is 2.12. The lowest BCUT2D eigenvalue weighted by atomic mass is 10.1. The molecule has 0 unspecified atom stereocenters. The van der Waals surface area contributed by atoms with Crippen LogP contribution in [0.25, 0.3) is 6.08 Å². The minimum Gasteiger partial charge on any atom is -0.489 e. The number of hydrogen-bond acceptors (Lipinski definition) is 3. The molecule has 0 heterocycles. The number of carbonyl (C=O) groups excluding carboxylic acids is 1. The van der Waals surface area contributed by atoms with Crippen molar-refractivity contribution in [1.82, 2.24) is 0 Å². The van der Waals surface area contributed by atoms with Crippen molar-refractivity contribution in [2.45, 2.75) is 13.5 Å². The molecule has 0 atom stereocenters. The smallest absolute Gasteiger partial charge is 0.266 e. The van der Waals surface area contributed by atoms with E-state index in [1.807, 2.05) is 6.07 Å². The maximum absolute atomic E-state index is 12.5. The number of hydrogen-bond donors (Lipinski definition) is 1. The Labute approximate surface area is 195 Å². The third-order valence-electron chi connectivity index (χ3n) is 4.48. The SMILES string of the molecule is Cc1c(Cl)cccc1NC(=O)/C(C#N)=C\c1ccc(OCc2ccc(Cl)cc2Cl)cc1. The Kier molecular flexibility index (Phi) is 7.59. The molecular formula is C24H17Cl3N2O2. The van der Waals surface area contributed by atoms with Gasteiger partial charge in [0.15, 0.2) is 0 Å². The second kappa shape index (κ2) is 10.4. The van der Waals surface area contributed by atoms with E-state index < -0.39 is 5.91 Å². The number of halogens is 3. The fourth-order valence-electron chi connectivity index (χ4n) is 2.71. The molecular weight excluding hydrogens is 455 g/mol. The average Bonchev–Trinajstić information content (AvgIpc) is 2.75. The van der Waals surface area contributed by atoms with Crippen LogP contribution in [0.15, 0.2) is 66.2 Å². The molecule has 31 heavy (non-hydrogen) atoms. The maximum Gasteiger partial charge on any atom is 0.266 e. The van der Waals surface area contributed by atoms with Crippen molar-refractivity contribution in [3.8, 4) is 11.8 Å². The van der Waals surface area contributed by atoms with E-state index in [4.69, 9.17) is 39.5 Å². The van der Waals surface area contributed by atoms with Crippen LogP contribution in [-0.2, 0) is 11.4 Å². The van der Waals surface area contributed by atoms with Gasteiger partial charge in [-0.25, -0.2) is 0 Å². The zero-order chi connectivity index (χ0) is 22.4. The molecule has 7 heteroatoms. The number of nitrogens with one attached hydrogen (secondary N) is 1. The summed E-state index contributed by atoms with van der Waals surface area (Å²) in [4.78, 5) is 12.5. The van der Waals surface area contributed by atoms with Gasteiger partial charge in [0.25, 0.3) is 5.91 Å². The molecule has 4 nitrogen and oxygen atoms in total. The summed E-state index contributed by atoms with van der Waals surface area (Å²) in [5, 5.41) is 13.8. The Morgan fingerprint density at radius 3 is 2.48 bits per heavy atom. The van der Waals surface area contributed by atoms with Crippen LogP contribution >= 0.6 is 34.8 Å². The van der Waals surface area contributed by atoms with Gasteiger partial charge in [-0.05, 0) is 60.5 Å². The molecule has 0 bridgehead atoms. The quantitative estimate of drug-likeness (QED) is 0.308. The van der Waals surface area contributed by atoms with Gasteiger partial charge < -0.3 is 10.1 Å². The molecule has 0 fully saturated rings. The molecule has 3 rings (SSSR count). The summed E-state index contributed by atoms with van der Waals surface area (Å²) in [6.07, 6.45) is 1.51. The van der Waals surface area contributed by atoms with Gasteiger partial charge in [-0.15, -0.1) is 0 Å². The Morgan fingerprint density at radius 1 is 1.06 bits per heavy atom. The molecule has 0 aliphatic heterocycles. The predicted molar refractivity (Wildman–Crippen MR) is 126 cm³/mol. The first-order valence-corrected chi connectivity index (χ1v) is 10.4. The second-order valence-corrected chi connectivity index (χ2v) is 7.88. The van der Waals surface area contributed by atoms with Gasteiger partial charge in [-0.1, -0.05) is 59.1 Å². The molecule has 0 saturated heterocycles. The fourth-order valence-corrected chi connectivity index (χ4v) is 3.35. The molecule has 3 aromatic carbocycles. The van der Waals surface area contributed by atoms with Crippen LogP contribution in [0.4, 0.5) is 5.69 Å². The molecule has 0 radical (unpaired) electrons. The lowest BCUT2D eigenvalue weighted by Crippen LogP contribution is -2.14. The van der Waals surface area contributed by atoms with Crippen LogP contribution in [0.1, 0.15) is 16.7 Å². The van der Waals surface area contributed by atoms with E-state index in [1.54, 1.807) is 67.6 Å². The van der Waals surface area contributed by atoms with Gasteiger partial charge in [0.1, 0.15) is 24.0 Å². The third kappa shape index (κ3) is 6.02. The van der Waals surface area contributed by atoms with E-state index in [0.29, 0.717) is 32.1 Å². The topological polar surface area (TPSA) is 62.1 Å². The number of nitriles is 1. The third-order valence-corrected chi connectivity index (χ3v) is 5.48. The molecule has 0 spiro atoms. The number of benzene rings is 3. The average molecular weight is 472 g/mol. The van der Waals surface area contributed by atoms with Crippen molar-refractivity contribution in [2.75, 3.05) is 5.32 Å². The van der Waals surface area contributed by atoms with Crippen LogP contribution in [0, 0.1) is 18.3 Å². The van der Waals surface area contributed by atoms with Gasteiger partial charge in [0.05, 0.1) is 0 Å². The van der Waals surface area contributed by atoms with E-state index in [2.05, 4.69) is 5.32 Å². The molecule has 1 amide bonds. The summed E-state index contributed by atoms with van der Waals surface area (Å²) in [6, 6.07) is 19.4. The summed E-state index contributed by atoms with van der Waals surface area (Å²) in [7, 11) is 0. The first-order valence-electron chi connectivity index (χ1n) is 9.22. The minimum atomic E-state index is -0.509. The van der Waals surface area contributed by atoms with E-state index in [9.17, 15) is 10.1 Å². The number of carbonyl (C=O) groups is 1. The number of ether oxygens (including phenoxy) is 1. The second-order valence-electron chi connectivity index (χ2n) is 6.63. The van der Waals surface area contributed by atoms with Crippen molar-refractivity contribution in [1.29, 1.82) is 5.26 Å². The van der Waals surface area contributed by atoms with E-state index in [1.165, 1.54) is 6.08 Å². The summed E-state index contributed by atoms with van der Waals surface area (Å²) in [5.74, 6) is 0.117. The Bertz CT molecular complexity index is 1180. The van der Waals surface area contributed by atoms with Crippen molar-refractivity contribution in [3.63, 3.8) is 0 Å². The minimum absolute atomic E-state index is 0.0269. The summed E-state index contributed by atoms with van der Waals surface area (Å²) in [6.45, 7) is 2.08. The van der Waals surface area contributed by atoms with Gasteiger partial charge >= 0.3 is 0 Å². The molecule has 0 aromatic heterocycles. The molecule has 0 aliphatic carbocycles. The van der Waals surface area contributed by atoms with Crippen molar-refractivity contribution in [3.05, 3.63) is 98.0 Å².